The van der Waals surface area contributed by atoms with Crippen LogP contribution in [0.2, 0.25) is 10.0 Å². The number of thioether (sulfide) groups is 1. The Labute approximate surface area is 191 Å². The number of nitrogens with one attached hydrogen (secondary N) is 2. The molecule has 0 aliphatic carbocycles. The second-order valence-electron chi connectivity index (χ2n) is 6.70. The smallest absolute Gasteiger partial charge is 0.245 e. The van der Waals surface area contributed by atoms with E-state index in [-0.39, 0.29) is 27.3 Å². The highest BCUT2D eigenvalue weighted by atomic mass is 35.5. The second-order valence-corrected chi connectivity index (χ2v) is 10.2. The van der Waals surface area contributed by atoms with Crippen molar-refractivity contribution in [3.05, 3.63) is 28.2 Å². The summed E-state index contributed by atoms with van der Waals surface area (Å²) < 4.78 is 33.3. The molecule has 0 saturated carbocycles. The molecule has 0 aromatic heterocycles. The fourth-order valence-corrected chi connectivity index (χ4v) is 5.31. The van der Waals surface area contributed by atoms with Gasteiger partial charge in [-0.15, -0.1) is 0 Å². The lowest BCUT2D eigenvalue weighted by atomic mass is 10.2. The molecular formula is C18H25Cl2N3O5S2. The Morgan fingerprint density at radius 2 is 1.93 bits per heavy atom. The van der Waals surface area contributed by atoms with Gasteiger partial charge in [0.25, 0.3) is 0 Å². The summed E-state index contributed by atoms with van der Waals surface area (Å²) in [5, 5.41) is 2.82. The number of rotatable bonds is 9. The molecule has 12 heteroatoms. The highest BCUT2D eigenvalue weighted by Crippen LogP contribution is 2.25. The van der Waals surface area contributed by atoms with Crippen LogP contribution in [0.1, 0.15) is 13.3 Å². The molecule has 2 N–H and O–H groups in total. The van der Waals surface area contributed by atoms with Gasteiger partial charge in [0.05, 0.1) is 18.2 Å². The summed E-state index contributed by atoms with van der Waals surface area (Å²) in [4.78, 5) is 26.7. The van der Waals surface area contributed by atoms with Gasteiger partial charge >= 0.3 is 0 Å². The molecule has 168 valence electrons. The third-order valence-corrected chi connectivity index (χ3v) is 7.29. The van der Waals surface area contributed by atoms with E-state index < -0.39 is 28.0 Å². The Bertz CT molecular complexity index is 863. The first kappa shape index (κ1) is 25.2. The number of hydrogen-bond acceptors (Lipinski definition) is 6. The number of carbonyl (C=O) groups excluding carboxylic acids is 2. The summed E-state index contributed by atoms with van der Waals surface area (Å²) in [5.74, 6) is -0.286. The van der Waals surface area contributed by atoms with E-state index in [1.807, 2.05) is 6.26 Å². The van der Waals surface area contributed by atoms with Gasteiger partial charge in [0.15, 0.2) is 0 Å². The van der Waals surface area contributed by atoms with E-state index in [9.17, 15) is 18.0 Å². The average molecular weight is 498 g/mol. The summed E-state index contributed by atoms with van der Waals surface area (Å²) >= 11 is 13.4. The van der Waals surface area contributed by atoms with Crippen LogP contribution in [0, 0.1) is 0 Å². The van der Waals surface area contributed by atoms with Crippen LogP contribution in [0.15, 0.2) is 23.1 Å². The molecule has 1 aromatic rings. The van der Waals surface area contributed by atoms with E-state index in [0.717, 1.165) is 0 Å². The fourth-order valence-electron chi connectivity index (χ4n) is 2.85. The lowest BCUT2D eigenvalue weighted by Gasteiger charge is -2.30. The molecule has 30 heavy (non-hydrogen) atoms. The molecular weight excluding hydrogens is 473 g/mol. The summed E-state index contributed by atoms with van der Waals surface area (Å²) in [6.45, 7) is 3.37. The van der Waals surface area contributed by atoms with Crippen molar-refractivity contribution in [2.24, 2.45) is 0 Å². The summed E-state index contributed by atoms with van der Waals surface area (Å²) in [6.07, 6.45) is 2.09. The van der Waals surface area contributed by atoms with Crippen molar-refractivity contribution in [1.82, 2.24) is 14.9 Å². The average Bonchev–Trinajstić information content (AvgIpc) is 2.72. The predicted molar refractivity (Wildman–Crippen MR) is 119 cm³/mol. The number of carbonyl (C=O) groups is 2. The maximum absolute atomic E-state index is 12.8. The summed E-state index contributed by atoms with van der Waals surface area (Å²) in [7, 11) is -4.11. The maximum atomic E-state index is 12.8. The minimum Gasteiger partial charge on any atom is -0.378 e. The van der Waals surface area contributed by atoms with Crippen LogP contribution in [-0.2, 0) is 24.3 Å². The predicted octanol–water partition coefficient (Wildman–Crippen LogP) is 1.76. The molecule has 0 bridgehead atoms. The molecule has 1 fully saturated rings. The van der Waals surface area contributed by atoms with E-state index in [1.54, 1.807) is 11.8 Å². The van der Waals surface area contributed by atoms with Crippen LogP contribution in [-0.4, -0.2) is 75.5 Å². The molecule has 1 aromatic carbocycles. The Kier molecular flexibility index (Phi) is 9.70. The zero-order valence-corrected chi connectivity index (χ0v) is 19.8. The van der Waals surface area contributed by atoms with Gasteiger partial charge in [0.2, 0.25) is 21.8 Å². The van der Waals surface area contributed by atoms with Gasteiger partial charge in [-0.25, -0.2) is 8.42 Å². The highest BCUT2D eigenvalue weighted by Gasteiger charge is 2.30. The summed E-state index contributed by atoms with van der Waals surface area (Å²) in [6, 6.07) is 2.20. The Morgan fingerprint density at radius 1 is 1.27 bits per heavy atom. The zero-order valence-electron chi connectivity index (χ0n) is 16.7. The van der Waals surface area contributed by atoms with E-state index in [0.29, 0.717) is 32.1 Å². The van der Waals surface area contributed by atoms with Crippen LogP contribution in [0.25, 0.3) is 0 Å². The minimum absolute atomic E-state index is 0.00760. The normalized spacial score (nSPS) is 16.7. The molecule has 2 unspecified atom stereocenters. The first-order chi connectivity index (χ1) is 14.2. The maximum Gasteiger partial charge on any atom is 0.245 e. The SMILES string of the molecule is CSCCC(NS(=O)(=O)c1cc(Cl)ccc1Cl)C(=O)NC(C)C(=O)N1CCOCC1. The number of morpholine rings is 1. The fraction of sp³-hybridized carbons (Fsp3) is 0.556. The molecule has 1 heterocycles. The Hall–Kier alpha value is -1.04. The quantitative estimate of drug-likeness (QED) is 0.538. The number of amides is 2. The number of ether oxygens (including phenoxy) is 1. The molecule has 1 saturated heterocycles. The second kappa shape index (κ2) is 11.5. The molecule has 2 amide bonds. The molecule has 8 nitrogen and oxygen atoms in total. The van der Waals surface area contributed by atoms with E-state index >= 15 is 0 Å². The highest BCUT2D eigenvalue weighted by molar-refractivity contribution is 7.98. The van der Waals surface area contributed by atoms with Crippen LogP contribution >= 0.6 is 35.0 Å². The van der Waals surface area contributed by atoms with Crippen molar-refractivity contribution in [3.8, 4) is 0 Å². The van der Waals surface area contributed by atoms with Gasteiger partial charge in [-0.1, -0.05) is 23.2 Å². The molecule has 1 aliphatic heterocycles. The van der Waals surface area contributed by atoms with Crippen molar-refractivity contribution in [1.29, 1.82) is 0 Å². The molecule has 1 aliphatic rings. The van der Waals surface area contributed by atoms with E-state index in [2.05, 4.69) is 10.0 Å². The van der Waals surface area contributed by atoms with Crippen LogP contribution < -0.4 is 10.0 Å². The monoisotopic (exact) mass is 497 g/mol. The molecule has 0 spiro atoms. The van der Waals surface area contributed by atoms with Gasteiger partial charge in [-0.3, -0.25) is 9.59 Å². The van der Waals surface area contributed by atoms with Crippen LogP contribution in [0.5, 0.6) is 0 Å². The lowest BCUT2D eigenvalue weighted by Crippen LogP contribution is -2.54. The lowest BCUT2D eigenvalue weighted by molar-refractivity contribution is -0.139. The van der Waals surface area contributed by atoms with Gasteiger partial charge in [0, 0.05) is 18.1 Å². The van der Waals surface area contributed by atoms with Gasteiger partial charge in [-0.2, -0.15) is 16.5 Å². The van der Waals surface area contributed by atoms with Crippen molar-refractivity contribution >= 4 is 56.8 Å². The van der Waals surface area contributed by atoms with Gasteiger partial charge in [-0.05, 0) is 43.6 Å². The van der Waals surface area contributed by atoms with Crippen molar-refractivity contribution in [2.75, 3.05) is 38.3 Å². The number of halogens is 2. The van der Waals surface area contributed by atoms with Gasteiger partial charge in [0.1, 0.15) is 17.0 Å². The van der Waals surface area contributed by atoms with Crippen molar-refractivity contribution < 1.29 is 22.7 Å². The minimum atomic E-state index is -4.11. The standard InChI is InChI=1S/C18H25Cl2N3O5S2/c1-12(18(25)23-6-8-28-9-7-23)21-17(24)15(5-10-29-2)22-30(26,27)16-11-13(19)3-4-14(16)20/h3-4,11-12,15,22H,5-10H2,1-2H3,(H,21,24). The zero-order chi connectivity index (χ0) is 22.3. The molecule has 2 rings (SSSR count). The number of sulfonamides is 1. The first-order valence-corrected chi connectivity index (χ1v) is 12.9. The molecule has 2 atom stereocenters. The van der Waals surface area contributed by atoms with E-state index in [4.69, 9.17) is 27.9 Å². The van der Waals surface area contributed by atoms with Crippen LogP contribution in [0.3, 0.4) is 0 Å². The Morgan fingerprint density at radius 3 is 2.57 bits per heavy atom. The Balaban J connectivity index is 2.12. The third-order valence-electron chi connectivity index (χ3n) is 4.46. The topological polar surface area (TPSA) is 105 Å². The van der Waals surface area contributed by atoms with Crippen LogP contribution in [0.4, 0.5) is 0 Å². The number of benzene rings is 1. The van der Waals surface area contributed by atoms with Crippen molar-refractivity contribution in [3.63, 3.8) is 0 Å². The number of nitrogens with zero attached hydrogens (tertiary/aromatic N) is 1. The van der Waals surface area contributed by atoms with Gasteiger partial charge < -0.3 is 15.0 Å². The third kappa shape index (κ3) is 7.00. The largest absolute Gasteiger partial charge is 0.378 e. The van der Waals surface area contributed by atoms with Crippen molar-refractivity contribution in [2.45, 2.75) is 30.3 Å². The first-order valence-electron chi connectivity index (χ1n) is 9.29. The number of hydrogen-bond donors (Lipinski definition) is 2. The summed E-state index contributed by atoms with van der Waals surface area (Å²) in [5.41, 5.74) is 0. The molecule has 0 radical (unpaired) electrons. The van der Waals surface area contributed by atoms with E-state index in [1.165, 1.54) is 30.0 Å².